The zero-order valence-electron chi connectivity index (χ0n) is 12.0. The molecule has 1 aliphatic heterocycles. The van der Waals surface area contributed by atoms with Gasteiger partial charge in [-0.2, -0.15) is 0 Å². The topological polar surface area (TPSA) is 64.7 Å². The van der Waals surface area contributed by atoms with E-state index in [0.717, 1.165) is 42.7 Å². The van der Waals surface area contributed by atoms with Crippen molar-refractivity contribution in [2.45, 2.75) is 38.7 Å². The van der Waals surface area contributed by atoms with Crippen LogP contribution in [0.1, 0.15) is 44.3 Å². The maximum Gasteiger partial charge on any atom is 0.231 e. The Kier molecular flexibility index (Phi) is 3.61. The van der Waals surface area contributed by atoms with Gasteiger partial charge in [-0.25, -0.2) is 0 Å². The molecule has 2 aliphatic rings. The van der Waals surface area contributed by atoms with Gasteiger partial charge in [-0.1, -0.05) is 19.4 Å². The van der Waals surface area contributed by atoms with Gasteiger partial charge in [-0.05, 0) is 42.9 Å². The minimum atomic E-state index is -0.529. The molecular weight excluding hydrogens is 254 g/mol. The molecular formula is C16H23NO3. The number of ether oxygens (including phenoxy) is 2. The minimum absolute atomic E-state index is 0.186. The molecule has 0 aromatic heterocycles. The van der Waals surface area contributed by atoms with E-state index in [1.54, 1.807) is 0 Å². The first-order valence-corrected chi connectivity index (χ1v) is 7.46. The van der Waals surface area contributed by atoms with Crippen molar-refractivity contribution in [3.8, 4) is 11.5 Å². The number of benzene rings is 1. The number of hydrogen-bond acceptors (Lipinski definition) is 4. The molecule has 1 saturated carbocycles. The highest BCUT2D eigenvalue weighted by Gasteiger charge is 2.43. The average Bonchev–Trinajstić information content (AvgIpc) is 3.12. The van der Waals surface area contributed by atoms with Gasteiger partial charge in [0.15, 0.2) is 11.5 Å². The van der Waals surface area contributed by atoms with Crippen LogP contribution >= 0.6 is 0 Å². The Labute approximate surface area is 119 Å². The van der Waals surface area contributed by atoms with E-state index in [9.17, 15) is 5.11 Å². The largest absolute Gasteiger partial charge is 0.454 e. The van der Waals surface area contributed by atoms with E-state index in [-0.39, 0.29) is 12.2 Å². The van der Waals surface area contributed by atoms with Crippen molar-refractivity contribution in [2.75, 3.05) is 13.3 Å². The third-order valence-electron chi connectivity index (χ3n) is 5.02. The predicted molar refractivity (Wildman–Crippen MR) is 76.6 cm³/mol. The first-order valence-electron chi connectivity index (χ1n) is 7.46. The Morgan fingerprint density at radius 3 is 2.90 bits per heavy atom. The summed E-state index contributed by atoms with van der Waals surface area (Å²) in [7, 11) is 0. The van der Waals surface area contributed by atoms with Gasteiger partial charge < -0.3 is 20.3 Å². The van der Waals surface area contributed by atoms with Gasteiger partial charge in [0.2, 0.25) is 6.79 Å². The molecule has 1 aliphatic carbocycles. The lowest BCUT2D eigenvalue weighted by Crippen LogP contribution is -2.34. The Hall–Kier alpha value is -1.26. The zero-order chi connectivity index (χ0) is 14.2. The summed E-state index contributed by atoms with van der Waals surface area (Å²) < 4.78 is 10.7. The second kappa shape index (κ2) is 5.26. The summed E-state index contributed by atoms with van der Waals surface area (Å²) in [6.45, 7) is 3.00. The maximum atomic E-state index is 10.8. The molecule has 3 N–H and O–H groups in total. The van der Waals surface area contributed by atoms with Crippen LogP contribution in [0.2, 0.25) is 0 Å². The van der Waals surface area contributed by atoms with Crippen LogP contribution in [0.4, 0.5) is 0 Å². The Balaban J connectivity index is 1.85. The molecule has 0 amide bonds. The fourth-order valence-corrected chi connectivity index (χ4v) is 3.60. The lowest BCUT2D eigenvalue weighted by molar-refractivity contribution is 0.0300. The van der Waals surface area contributed by atoms with Gasteiger partial charge in [0, 0.05) is 12.0 Å². The van der Waals surface area contributed by atoms with E-state index >= 15 is 0 Å². The first-order chi connectivity index (χ1) is 9.68. The number of aliphatic hydroxyl groups excluding tert-OH is 1. The van der Waals surface area contributed by atoms with Crippen LogP contribution in [-0.2, 0) is 0 Å². The molecule has 0 spiro atoms. The summed E-state index contributed by atoms with van der Waals surface area (Å²) in [6, 6.07) is 5.69. The standard InChI is InChI=1S/C16H23NO3/c1-2-11-5-6-16(8-11,9-17)15(18)12-3-4-13-14(7-12)20-10-19-13/h3-4,7,11,15,18H,2,5-6,8-10,17H2,1H3. The van der Waals surface area contributed by atoms with Crippen molar-refractivity contribution in [3.63, 3.8) is 0 Å². The van der Waals surface area contributed by atoms with Crippen molar-refractivity contribution in [1.82, 2.24) is 0 Å². The van der Waals surface area contributed by atoms with E-state index in [4.69, 9.17) is 15.2 Å². The number of rotatable bonds is 4. The zero-order valence-corrected chi connectivity index (χ0v) is 12.0. The van der Waals surface area contributed by atoms with Crippen molar-refractivity contribution in [3.05, 3.63) is 23.8 Å². The van der Waals surface area contributed by atoms with E-state index in [1.807, 2.05) is 18.2 Å². The fraction of sp³-hybridized carbons (Fsp3) is 0.625. The molecule has 4 nitrogen and oxygen atoms in total. The summed E-state index contributed by atoms with van der Waals surface area (Å²) in [5, 5.41) is 10.8. The van der Waals surface area contributed by atoms with Gasteiger partial charge in [-0.3, -0.25) is 0 Å². The van der Waals surface area contributed by atoms with E-state index < -0.39 is 6.10 Å². The lowest BCUT2D eigenvalue weighted by atomic mass is 9.76. The van der Waals surface area contributed by atoms with Gasteiger partial charge in [-0.15, -0.1) is 0 Å². The van der Waals surface area contributed by atoms with Crippen LogP contribution in [0.3, 0.4) is 0 Å². The van der Waals surface area contributed by atoms with Gasteiger partial charge in [0.05, 0.1) is 6.10 Å². The van der Waals surface area contributed by atoms with Gasteiger partial charge >= 0.3 is 0 Å². The van der Waals surface area contributed by atoms with Crippen LogP contribution in [0.15, 0.2) is 18.2 Å². The van der Waals surface area contributed by atoms with Crippen molar-refractivity contribution in [2.24, 2.45) is 17.1 Å². The monoisotopic (exact) mass is 277 g/mol. The molecule has 3 atom stereocenters. The number of fused-ring (bicyclic) bond motifs is 1. The molecule has 1 heterocycles. The Morgan fingerprint density at radius 1 is 1.40 bits per heavy atom. The molecule has 3 rings (SSSR count). The second-order valence-corrected chi connectivity index (χ2v) is 6.10. The van der Waals surface area contributed by atoms with E-state index in [2.05, 4.69) is 6.92 Å². The highest BCUT2D eigenvalue weighted by atomic mass is 16.7. The van der Waals surface area contributed by atoms with Gasteiger partial charge in [0.25, 0.3) is 0 Å². The van der Waals surface area contributed by atoms with Crippen LogP contribution in [0.25, 0.3) is 0 Å². The third-order valence-corrected chi connectivity index (χ3v) is 5.02. The summed E-state index contributed by atoms with van der Waals surface area (Å²) in [5.74, 6) is 2.15. The molecule has 3 unspecified atom stereocenters. The average molecular weight is 277 g/mol. The molecule has 1 aromatic rings. The molecule has 0 bridgehead atoms. The number of aliphatic hydroxyl groups is 1. The SMILES string of the molecule is CCC1CCC(CN)(C(O)c2ccc3c(c2)OCO3)C1. The summed E-state index contributed by atoms with van der Waals surface area (Å²) in [4.78, 5) is 0. The Morgan fingerprint density at radius 2 is 2.20 bits per heavy atom. The van der Waals surface area contributed by atoms with Crippen LogP contribution in [0.5, 0.6) is 11.5 Å². The summed E-state index contributed by atoms with van der Waals surface area (Å²) >= 11 is 0. The van der Waals surface area contributed by atoms with Crippen molar-refractivity contribution in [1.29, 1.82) is 0 Å². The van der Waals surface area contributed by atoms with E-state index in [1.165, 1.54) is 0 Å². The Bertz CT molecular complexity index is 491. The molecule has 4 heteroatoms. The third kappa shape index (κ3) is 2.17. The van der Waals surface area contributed by atoms with Crippen LogP contribution in [0, 0.1) is 11.3 Å². The first kappa shape index (κ1) is 13.7. The van der Waals surface area contributed by atoms with Gasteiger partial charge in [0.1, 0.15) is 0 Å². The summed E-state index contributed by atoms with van der Waals surface area (Å²) in [5.41, 5.74) is 6.72. The highest BCUT2D eigenvalue weighted by Crippen LogP contribution is 2.51. The molecule has 20 heavy (non-hydrogen) atoms. The van der Waals surface area contributed by atoms with Crippen LogP contribution < -0.4 is 15.2 Å². The highest BCUT2D eigenvalue weighted by molar-refractivity contribution is 5.45. The van der Waals surface area contributed by atoms with Crippen molar-refractivity contribution >= 4 is 0 Å². The number of nitrogens with two attached hydrogens (primary N) is 1. The quantitative estimate of drug-likeness (QED) is 0.888. The molecule has 0 radical (unpaired) electrons. The minimum Gasteiger partial charge on any atom is -0.454 e. The molecule has 1 aromatic carbocycles. The van der Waals surface area contributed by atoms with Crippen molar-refractivity contribution < 1.29 is 14.6 Å². The maximum absolute atomic E-state index is 10.8. The second-order valence-electron chi connectivity index (χ2n) is 6.10. The summed E-state index contributed by atoms with van der Waals surface area (Å²) in [6.07, 6.45) is 3.80. The molecule has 0 saturated heterocycles. The van der Waals surface area contributed by atoms with Crippen LogP contribution in [-0.4, -0.2) is 18.4 Å². The lowest BCUT2D eigenvalue weighted by Gasteiger charge is -2.33. The normalized spacial score (nSPS) is 29.6. The molecule has 1 fully saturated rings. The smallest absolute Gasteiger partial charge is 0.231 e. The molecule has 110 valence electrons. The fourth-order valence-electron chi connectivity index (χ4n) is 3.60. The number of hydrogen-bond donors (Lipinski definition) is 2. The predicted octanol–water partition coefficient (Wildman–Crippen LogP) is 2.60. The van der Waals surface area contributed by atoms with E-state index in [0.29, 0.717) is 12.5 Å².